The summed E-state index contributed by atoms with van der Waals surface area (Å²) in [6.07, 6.45) is 6.06. The number of benzene rings is 1. The minimum Gasteiger partial charge on any atom is -0.469 e. The van der Waals surface area contributed by atoms with Crippen LogP contribution in [-0.4, -0.2) is 19.7 Å². The Morgan fingerprint density at radius 2 is 1.89 bits per heavy atom. The van der Waals surface area contributed by atoms with E-state index in [2.05, 4.69) is 4.74 Å². The maximum atomic E-state index is 10.8. The molecule has 3 nitrogen and oxygen atoms in total. The summed E-state index contributed by atoms with van der Waals surface area (Å²) < 4.78 is 10.1. The van der Waals surface area contributed by atoms with Crippen LogP contribution in [0.15, 0.2) is 42.5 Å². The lowest BCUT2D eigenvalue weighted by atomic mass is 10.2. The van der Waals surface area contributed by atoms with Gasteiger partial charge in [0.25, 0.3) is 0 Å². The summed E-state index contributed by atoms with van der Waals surface area (Å²) >= 11 is 0. The van der Waals surface area contributed by atoms with E-state index in [1.807, 2.05) is 42.5 Å². The second kappa shape index (κ2) is 9.42. The van der Waals surface area contributed by atoms with Crippen molar-refractivity contribution in [1.29, 1.82) is 0 Å². The lowest BCUT2D eigenvalue weighted by Crippen LogP contribution is -1.98. The van der Waals surface area contributed by atoms with Gasteiger partial charge in [0.05, 0.1) is 20.3 Å². The normalized spacial score (nSPS) is 10.7. The van der Waals surface area contributed by atoms with Crippen molar-refractivity contribution in [2.45, 2.75) is 25.9 Å². The predicted molar refractivity (Wildman–Crippen MR) is 71.1 cm³/mol. The molecule has 0 atom stereocenters. The smallest absolute Gasteiger partial charge is 0.305 e. The Morgan fingerprint density at radius 1 is 1.17 bits per heavy atom. The molecule has 1 aromatic rings. The molecule has 0 aliphatic carbocycles. The van der Waals surface area contributed by atoms with E-state index in [0.717, 1.165) is 12.8 Å². The minimum atomic E-state index is -0.167. The van der Waals surface area contributed by atoms with Crippen LogP contribution in [0.3, 0.4) is 0 Å². The van der Waals surface area contributed by atoms with E-state index in [9.17, 15) is 4.79 Å². The second-order valence-electron chi connectivity index (χ2n) is 3.91. The van der Waals surface area contributed by atoms with Gasteiger partial charge in [0.1, 0.15) is 0 Å². The van der Waals surface area contributed by atoms with Gasteiger partial charge in [-0.3, -0.25) is 4.79 Å². The number of hydrogen-bond acceptors (Lipinski definition) is 3. The predicted octanol–water partition coefficient (Wildman–Crippen LogP) is 3.10. The van der Waals surface area contributed by atoms with Crippen molar-refractivity contribution in [1.82, 2.24) is 0 Å². The zero-order chi connectivity index (χ0) is 13.1. The Kier molecular flexibility index (Phi) is 7.57. The lowest BCUT2D eigenvalue weighted by molar-refractivity contribution is -0.140. The van der Waals surface area contributed by atoms with Crippen molar-refractivity contribution >= 4 is 5.97 Å². The van der Waals surface area contributed by atoms with Crippen molar-refractivity contribution in [3.63, 3.8) is 0 Å². The summed E-state index contributed by atoms with van der Waals surface area (Å²) in [4.78, 5) is 10.8. The number of hydrogen-bond donors (Lipinski definition) is 0. The molecule has 0 bridgehead atoms. The molecule has 1 aromatic carbocycles. The Hall–Kier alpha value is -1.61. The molecule has 18 heavy (non-hydrogen) atoms. The molecule has 0 saturated heterocycles. The molecule has 0 aromatic heterocycles. The first-order valence-corrected chi connectivity index (χ1v) is 6.16. The summed E-state index contributed by atoms with van der Waals surface area (Å²) in [6, 6.07) is 10.1. The highest BCUT2D eigenvalue weighted by molar-refractivity contribution is 5.69. The maximum Gasteiger partial charge on any atom is 0.305 e. The van der Waals surface area contributed by atoms with Crippen molar-refractivity contribution in [3.05, 3.63) is 48.0 Å². The van der Waals surface area contributed by atoms with Crippen molar-refractivity contribution in [3.8, 4) is 0 Å². The molecule has 1 rings (SSSR count). The fraction of sp³-hybridized carbons (Fsp3) is 0.400. The van der Waals surface area contributed by atoms with Crippen LogP contribution in [0.5, 0.6) is 0 Å². The largest absolute Gasteiger partial charge is 0.469 e. The molecule has 3 heteroatoms. The van der Waals surface area contributed by atoms with Gasteiger partial charge in [-0.1, -0.05) is 42.5 Å². The van der Waals surface area contributed by atoms with Gasteiger partial charge in [0.2, 0.25) is 0 Å². The van der Waals surface area contributed by atoms with Gasteiger partial charge >= 0.3 is 5.97 Å². The molecule has 0 fully saturated rings. The maximum absolute atomic E-state index is 10.8. The summed E-state index contributed by atoms with van der Waals surface area (Å²) in [6.45, 7) is 1.35. The number of carbonyl (C=O) groups excluding carboxylic acids is 1. The van der Waals surface area contributed by atoms with Gasteiger partial charge in [-0.25, -0.2) is 0 Å². The molecule has 0 unspecified atom stereocenters. The third kappa shape index (κ3) is 6.86. The van der Waals surface area contributed by atoms with Gasteiger partial charge in [-0.15, -0.1) is 0 Å². The van der Waals surface area contributed by atoms with Crippen LogP contribution in [0.4, 0.5) is 0 Å². The van der Waals surface area contributed by atoms with Crippen molar-refractivity contribution in [2.75, 3.05) is 13.7 Å². The van der Waals surface area contributed by atoms with Gasteiger partial charge in [-0.2, -0.15) is 0 Å². The Balaban J connectivity index is 1.98. The fourth-order valence-corrected chi connectivity index (χ4v) is 1.45. The van der Waals surface area contributed by atoms with E-state index in [1.165, 1.54) is 12.7 Å². The average Bonchev–Trinajstić information content (AvgIpc) is 2.42. The van der Waals surface area contributed by atoms with Gasteiger partial charge in [-0.05, 0) is 18.4 Å². The highest BCUT2D eigenvalue weighted by Gasteiger charge is 1.95. The number of ether oxygens (including phenoxy) is 2. The molecular weight excluding hydrogens is 228 g/mol. The topological polar surface area (TPSA) is 35.5 Å². The van der Waals surface area contributed by atoms with Crippen LogP contribution in [0.2, 0.25) is 0 Å². The first-order valence-electron chi connectivity index (χ1n) is 6.16. The zero-order valence-electron chi connectivity index (χ0n) is 10.8. The summed E-state index contributed by atoms with van der Waals surface area (Å²) in [5, 5.41) is 0. The molecule has 0 aliphatic rings. The molecule has 0 radical (unpaired) electrons. The lowest BCUT2D eigenvalue weighted by Gasteiger charge is -2.01. The summed E-state index contributed by atoms with van der Waals surface area (Å²) in [7, 11) is 1.41. The molecule has 0 spiro atoms. The SMILES string of the molecule is COC(=O)CC/C=C\CCOCc1ccccc1. The van der Waals surface area contributed by atoms with Gasteiger partial charge in [0.15, 0.2) is 0 Å². The number of allylic oxidation sites excluding steroid dienone is 1. The number of methoxy groups -OCH3 is 1. The molecular formula is C15H20O3. The Bertz CT molecular complexity index is 357. The van der Waals surface area contributed by atoms with Crippen molar-refractivity contribution in [2.24, 2.45) is 0 Å². The molecule has 0 aliphatic heterocycles. The van der Waals surface area contributed by atoms with E-state index in [0.29, 0.717) is 19.6 Å². The van der Waals surface area contributed by atoms with Crippen LogP contribution in [-0.2, 0) is 20.9 Å². The molecule has 0 N–H and O–H groups in total. The first kappa shape index (κ1) is 14.5. The third-order valence-electron chi connectivity index (χ3n) is 2.45. The number of carbonyl (C=O) groups is 1. The van der Waals surface area contributed by atoms with Crippen molar-refractivity contribution < 1.29 is 14.3 Å². The van der Waals surface area contributed by atoms with E-state index >= 15 is 0 Å². The minimum absolute atomic E-state index is 0.167. The Labute approximate surface area is 108 Å². The van der Waals surface area contributed by atoms with Gasteiger partial charge < -0.3 is 9.47 Å². The average molecular weight is 248 g/mol. The summed E-state index contributed by atoms with van der Waals surface area (Å²) in [5.41, 5.74) is 1.19. The van der Waals surface area contributed by atoms with Crippen LogP contribution >= 0.6 is 0 Å². The van der Waals surface area contributed by atoms with E-state index < -0.39 is 0 Å². The van der Waals surface area contributed by atoms with Crippen LogP contribution < -0.4 is 0 Å². The molecule has 0 heterocycles. The monoisotopic (exact) mass is 248 g/mol. The van der Waals surface area contributed by atoms with E-state index in [1.54, 1.807) is 0 Å². The highest BCUT2D eigenvalue weighted by Crippen LogP contribution is 2.01. The number of esters is 1. The van der Waals surface area contributed by atoms with Crippen LogP contribution in [0, 0.1) is 0 Å². The molecule has 98 valence electrons. The molecule has 0 saturated carbocycles. The van der Waals surface area contributed by atoms with Gasteiger partial charge in [0, 0.05) is 6.42 Å². The molecule has 0 amide bonds. The second-order valence-corrected chi connectivity index (χ2v) is 3.91. The standard InChI is InChI=1S/C15H20O3/c1-17-15(16)11-7-2-3-8-12-18-13-14-9-5-4-6-10-14/h2-6,9-10H,7-8,11-13H2,1H3/b3-2-. The Morgan fingerprint density at radius 3 is 2.61 bits per heavy atom. The summed E-state index contributed by atoms with van der Waals surface area (Å²) in [5.74, 6) is -0.167. The number of rotatable bonds is 8. The fourth-order valence-electron chi connectivity index (χ4n) is 1.45. The quantitative estimate of drug-likeness (QED) is 0.403. The third-order valence-corrected chi connectivity index (χ3v) is 2.45. The van der Waals surface area contributed by atoms with E-state index in [4.69, 9.17) is 4.74 Å². The zero-order valence-corrected chi connectivity index (χ0v) is 10.8. The highest BCUT2D eigenvalue weighted by atomic mass is 16.5. The van der Waals surface area contributed by atoms with E-state index in [-0.39, 0.29) is 5.97 Å². The van der Waals surface area contributed by atoms with Crippen LogP contribution in [0.25, 0.3) is 0 Å². The first-order chi connectivity index (χ1) is 8.83. The van der Waals surface area contributed by atoms with Crippen LogP contribution in [0.1, 0.15) is 24.8 Å².